The fraction of sp³-hybridized carbons (Fsp3) is 0.562. The zero-order valence-electron chi connectivity index (χ0n) is 14.4. The van der Waals surface area contributed by atoms with Gasteiger partial charge in [0.1, 0.15) is 17.1 Å². The van der Waals surface area contributed by atoms with Crippen LogP contribution < -0.4 is 0 Å². The van der Waals surface area contributed by atoms with Crippen LogP contribution in [0, 0.1) is 13.8 Å². The van der Waals surface area contributed by atoms with Crippen molar-refractivity contribution in [2.24, 2.45) is 0 Å². The van der Waals surface area contributed by atoms with Crippen LogP contribution in [0.25, 0.3) is 0 Å². The molecular weight excluding hydrogens is 326 g/mol. The summed E-state index contributed by atoms with van der Waals surface area (Å²) in [5, 5.41) is 11.2. The summed E-state index contributed by atoms with van der Waals surface area (Å²) in [6.45, 7) is 5.83. The second kappa shape index (κ2) is 7.45. The van der Waals surface area contributed by atoms with E-state index in [4.69, 9.17) is 4.52 Å². The van der Waals surface area contributed by atoms with E-state index >= 15 is 0 Å². The van der Waals surface area contributed by atoms with Crippen LogP contribution in [-0.4, -0.2) is 63.3 Å². The molecule has 1 saturated heterocycles. The van der Waals surface area contributed by atoms with Crippen molar-refractivity contribution in [3.63, 3.8) is 0 Å². The average Bonchev–Trinajstić information content (AvgIpc) is 3.07. The van der Waals surface area contributed by atoms with Gasteiger partial charge in [-0.2, -0.15) is 0 Å². The van der Waals surface area contributed by atoms with E-state index in [1.807, 2.05) is 6.92 Å². The molecule has 0 saturated carbocycles. The number of carbonyl (C=O) groups excluding carboxylic acids is 2. The fourth-order valence-corrected chi connectivity index (χ4v) is 2.84. The first-order valence-electron chi connectivity index (χ1n) is 8.28. The SMILES string of the molecule is Cc1cc(CC(=O)N2CCCN(C(=O)Cc3nonc3C)CC2)on1. The lowest BCUT2D eigenvalue weighted by Gasteiger charge is -2.21. The van der Waals surface area contributed by atoms with Gasteiger partial charge in [-0.15, -0.1) is 0 Å². The molecule has 2 aromatic rings. The van der Waals surface area contributed by atoms with Crippen LogP contribution >= 0.6 is 0 Å². The molecule has 0 spiro atoms. The molecule has 3 rings (SSSR count). The Bertz CT molecular complexity index is 753. The van der Waals surface area contributed by atoms with Crippen LogP contribution in [-0.2, 0) is 22.4 Å². The highest BCUT2D eigenvalue weighted by molar-refractivity contribution is 5.80. The van der Waals surface area contributed by atoms with Crippen molar-refractivity contribution in [1.82, 2.24) is 25.3 Å². The quantitative estimate of drug-likeness (QED) is 0.794. The largest absolute Gasteiger partial charge is 0.361 e. The summed E-state index contributed by atoms with van der Waals surface area (Å²) < 4.78 is 9.73. The van der Waals surface area contributed by atoms with Crippen LogP contribution in [0.5, 0.6) is 0 Å². The number of aromatic nitrogens is 3. The minimum absolute atomic E-state index is 0.0120. The summed E-state index contributed by atoms with van der Waals surface area (Å²) in [5.74, 6) is 0.523. The maximum atomic E-state index is 12.4. The van der Waals surface area contributed by atoms with Crippen LogP contribution in [0.4, 0.5) is 0 Å². The maximum absolute atomic E-state index is 12.4. The molecule has 0 aliphatic carbocycles. The molecule has 9 nitrogen and oxygen atoms in total. The second-order valence-electron chi connectivity index (χ2n) is 6.20. The van der Waals surface area contributed by atoms with Gasteiger partial charge in [-0.1, -0.05) is 15.5 Å². The van der Waals surface area contributed by atoms with Crippen molar-refractivity contribution < 1.29 is 18.7 Å². The molecular formula is C16H21N5O4. The third kappa shape index (κ3) is 4.23. The summed E-state index contributed by atoms with van der Waals surface area (Å²) in [5.41, 5.74) is 1.94. The summed E-state index contributed by atoms with van der Waals surface area (Å²) in [7, 11) is 0. The molecule has 1 aliphatic rings. The predicted octanol–water partition coefficient (Wildman–Crippen LogP) is 0.521. The summed E-state index contributed by atoms with van der Waals surface area (Å²) in [6, 6.07) is 1.76. The predicted molar refractivity (Wildman–Crippen MR) is 85.5 cm³/mol. The van der Waals surface area contributed by atoms with Crippen LogP contribution in [0.2, 0.25) is 0 Å². The molecule has 25 heavy (non-hydrogen) atoms. The van der Waals surface area contributed by atoms with E-state index in [0.29, 0.717) is 43.3 Å². The number of nitrogens with zero attached hydrogens (tertiary/aromatic N) is 5. The van der Waals surface area contributed by atoms with Crippen LogP contribution in [0.15, 0.2) is 15.2 Å². The number of aryl methyl sites for hydroxylation is 2. The van der Waals surface area contributed by atoms with Gasteiger partial charge in [0.2, 0.25) is 11.8 Å². The van der Waals surface area contributed by atoms with Crippen LogP contribution in [0.3, 0.4) is 0 Å². The topological polar surface area (TPSA) is 106 Å². The highest BCUT2D eigenvalue weighted by Gasteiger charge is 2.24. The van der Waals surface area contributed by atoms with Gasteiger partial charge in [-0.25, -0.2) is 4.63 Å². The lowest BCUT2D eigenvalue weighted by atomic mass is 10.2. The van der Waals surface area contributed by atoms with Crippen molar-refractivity contribution in [2.45, 2.75) is 33.1 Å². The maximum Gasteiger partial charge on any atom is 0.230 e. The van der Waals surface area contributed by atoms with Gasteiger partial charge < -0.3 is 14.3 Å². The van der Waals surface area contributed by atoms with Crippen molar-refractivity contribution in [3.8, 4) is 0 Å². The third-order valence-corrected chi connectivity index (χ3v) is 4.27. The highest BCUT2D eigenvalue weighted by Crippen LogP contribution is 2.11. The van der Waals surface area contributed by atoms with Crippen molar-refractivity contribution in [3.05, 3.63) is 28.9 Å². The van der Waals surface area contributed by atoms with E-state index < -0.39 is 0 Å². The summed E-state index contributed by atoms with van der Waals surface area (Å²) in [6.07, 6.45) is 1.10. The molecule has 0 bridgehead atoms. The molecule has 2 amide bonds. The zero-order valence-corrected chi connectivity index (χ0v) is 14.4. The van der Waals surface area contributed by atoms with Gasteiger partial charge in [0.05, 0.1) is 18.5 Å². The molecule has 1 aliphatic heterocycles. The van der Waals surface area contributed by atoms with Gasteiger partial charge in [-0.05, 0) is 20.3 Å². The Morgan fingerprint density at radius 1 is 1.00 bits per heavy atom. The Morgan fingerprint density at radius 3 is 2.24 bits per heavy atom. The van der Waals surface area contributed by atoms with Crippen LogP contribution in [0.1, 0.15) is 29.3 Å². The minimum Gasteiger partial charge on any atom is -0.361 e. The average molecular weight is 347 g/mol. The molecule has 1 fully saturated rings. The Kier molecular flexibility index (Phi) is 5.11. The lowest BCUT2D eigenvalue weighted by Crippen LogP contribution is -2.38. The smallest absolute Gasteiger partial charge is 0.230 e. The highest BCUT2D eigenvalue weighted by atomic mass is 16.6. The number of hydrogen-bond donors (Lipinski definition) is 0. The molecule has 0 N–H and O–H groups in total. The second-order valence-corrected chi connectivity index (χ2v) is 6.20. The first-order chi connectivity index (χ1) is 12.0. The van der Waals surface area contributed by atoms with E-state index in [-0.39, 0.29) is 24.7 Å². The molecule has 3 heterocycles. The number of hydrogen-bond acceptors (Lipinski definition) is 7. The molecule has 0 unspecified atom stereocenters. The fourth-order valence-electron chi connectivity index (χ4n) is 2.84. The van der Waals surface area contributed by atoms with Gasteiger partial charge in [0.15, 0.2) is 0 Å². The zero-order chi connectivity index (χ0) is 17.8. The standard InChI is InChI=1S/C16H21N5O4/c1-11-8-13(24-17-11)9-15(22)20-4-3-5-21(7-6-20)16(23)10-14-12(2)18-25-19-14/h8H,3-7,9-10H2,1-2H3. The summed E-state index contributed by atoms with van der Waals surface area (Å²) in [4.78, 5) is 28.4. The van der Waals surface area contributed by atoms with E-state index in [2.05, 4.69) is 20.1 Å². The Labute approximate surface area is 144 Å². The minimum atomic E-state index is -0.0287. The van der Waals surface area contributed by atoms with E-state index in [9.17, 15) is 9.59 Å². The van der Waals surface area contributed by atoms with Gasteiger partial charge in [0.25, 0.3) is 0 Å². The van der Waals surface area contributed by atoms with E-state index in [1.54, 1.807) is 22.8 Å². The van der Waals surface area contributed by atoms with E-state index in [0.717, 1.165) is 12.1 Å². The number of carbonyl (C=O) groups is 2. The molecule has 2 aromatic heterocycles. The third-order valence-electron chi connectivity index (χ3n) is 4.27. The molecule has 0 aromatic carbocycles. The molecule has 134 valence electrons. The normalized spacial score (nSPS) is 15.3. The Balaban J connectivity index is 1.53. The van der Waals surface area contributed by atoms with Gasteiger partial charge in [0, 0.05) is 32.2 Å². The van der Waals surface area contributed by atoms with Crippen molar-refractivity contribution >= 4 is 11.8 Å². The first-order valence-corrected chi connectivity index (χ1v) is 8.28. The number of amides is 2. The van der Waals surface area contributed by atoms with Gasteiger partial charge in [-0.3, -0.25) is 9.59 Å². The monoisotopic (exact) mass is 347 g/mol. The first kappa shape index (κ1) is 17.1. The van der Waals surface area contributed by atoms with Crippen molar-refractivity contribution in [1.29, 1.82) is 0 Å². The van der Waals surface area contributed by atoms with Gasteiger partial charge >= 0.3 is 0 Å². The van der Waals surface area contributed by atoms with Crippen molar-refractivity contribution in [2.75, 3.05) is 26.2 Å². The Hall–Kier alpha value is -2.71. The molecule has 0 atom stereocenters. The molecule has 9 heteroatoms. The number of rotatable bonds is 4. The Morgan fingerprint density at radius 2 is 1.68 bits per heavy atom. The molecule has 0 radical (unpaired) electrons. The van der Waals surface area contributed by atoms with E-state index in [1.165, 1.54) is 0 Å². The lowest BCUT2D eigenvalue weighted by molar-refractivity contribution is -0.133. The summed E-state index contributed by atoms with van der Waals surface area (Å²) >= 11 is 0.